The van der Waals surface area contributed by atoms with Crippen molar-refractivity contribution in [1.82, 2.24) is 19.6 Å². The molecule has 0 saturated carbocycles. The second-order valence-electron chi connectivity index (χ2n) is 7.62. The van der Waals surface area contributed by atoms with Crippen LogP contribution in [0.1, 0.15) is 29.1 Å². The molecule has 0 bridgehead atoms. The number of nitrogens with zero attached hydrogens (tertiary/aromatic N) is 4. The summed E-state index contributed by atoms with van der Waals surface area (Å²) in [7, 11) is 0. The van der Waals surface area contributed by atoms with Crippen LogP contribution in [0.2, 0.25) is 0 Å². The van der Waals surface area contributed by atoms with Crippen molar-refractivity contribution in [2.45, 2.75) is 19.3 Å². The topological polar surface area (TPSA) is 64.2 Å². The Kier molecular flexibility index (Phi) is 5.19. The highest BCUT2D eigenvalue weighted by Crippen LogP contribution is 2.24. The van der Waals surface area contributed by atoms with Crippen molar-refractivity contribution >= 4 is 17.2 Å². The van der Waals surface area contributed by atoms with Gasteiger partial charge in [0, 0.05) is 54.1 Å². The van der Waals surface area contributed by atoms with Crippen molar-refractivity contribution in [3.8, 4) is 17.1 Å². The van der Waals surface area contributed by atoms with Crippen molar-refractivity contribution in [3.05, 3.63) is 77.1 Å². The molecule has 30 heavy (non-hydrogen) atoms. The number of likely N-dealkylation sites (tertiary alicyclic amines) is 1. The van der Waals surface area contributed by atoms with Gasteiger partial charge in [-0.25, -0.2) is 0 Å². The Balaban J connectivity index is 1.23. The van der Waals surface area contributed by atoms with Crippen LogP contribution in [-0.2, 0) is 6.42 Å². The van der Waals surface area contributed by atoms with E-state index in [2.05, 4.69) is 10.1 Å². The lowest BCUT2D eigenvalue weighted by Crippen LogP contribution is -2.40. The molecule has 1 atom stereocenters. The van der Waals surface area contributed by atoms with Gasteiger partial charge in [-0.3, -0.25) is 4.79 Å². The molecule has 4 heterocycles. The van der Waals surface area contributed by atoms with Crippen LogP contribution in [0.5, 0.6) is 0 Å². The molecule has 5 rings (SSSR count). The number of carbonyl (C=O) groups is 1. The fraction of sp³-hybridized carbons (Fsp3) is 0.261. The van der Waals surface area contributed by atoms with Gasteiger partial charge in [-0.05, 0) is 66.6 Å². The first-order valence-corrected chi connectivity index (χ1v) is 11.1. The Hall–Kier alpha value is -3.19. The van der Waals surface area contributed by atoms with Gasteiger partial charge >= 0.3 is 0 Å². The van der Waals surface area contributed by atoms with E-state index >= 15 is 0 Å². The van der Waals surface area contributed by atoms with Gasteiger partial charge in [-0.15, -0.1) is 0 Å². The second kappa shape index (κ2) is 8.28. The fourth-order valence-electron chi connectivity index (χ4n) is 3.98. The lowest BCUT2D eigenvalue weighted by molar-refractivity contribution is 0.0668. The third-order valence-corrected chi connectivity index (χ3v) is 6.22. The van der Waals surface area contributed by atoms with Gasteiger partial charge in [-0.2, -0.15) is 16.3 Å². The smallest absolute Gasteiger partial charge is 0.253 e. The Morgan fingerprint density at radius 2 is 2.00 bits per heavy atom. The highest BCUT2D eigenvalue weighted by molar-refractivity contribution is 7.08. The van der Waals surface area contributed by atoms with Crippen LogP contribution in [0.4, 0.5) is 0 Å². The van der Waals surface area contributed by atoms with Gasteiger partial charge in [0.1, 0.15) is 0 Å². The van der Waals surface area contributed by atoms with Crippen LogP contribution >= 0.6 is 11.3 Å². The van der Waals surface area contributed by atoms with Crippen molar-refractivity contribution in [1.29, 1.82) is 0 Å². The predicted octanol–water partition coefficient (Wildman–Crippen LogP) is 4.68. The third kappa shape index (κ3) is 3.93. The number of benzene rings is 1. The van der Waals surface area contributed by atoms with E-state index in [1.54, 1.807) is 11.3 Å². The molecule has 3 aromatic heterocycles. The first-order valence-electron chi connectivity index (χ1n) is 10.1. The van der Waals surface area contributed by atoms with Crippen LogP contribution in [0.3, 0.4) is 0 Å². The molecule has 7 heteroatoms. The monoisotopic (exact) mass is 418 g/mol. The maximum absolute atomic E-state index is 13.0. The summed E-state index contributed by atoms with van der Waals surface area (Å²) in [5.74, 6) is 1.70. The molecule has 152 valence electrons. The van der Waals surface area contributed by atoms with Crippen molar-refractivity contribution < 1.29 is 9.32 Å². The average molecular weight is 419 g/mol. The highest BCUT2D eigenvalue weighted by atomic mass is 32.1. The molecule has 1 aliphatic heterocycles. The molecule has 0 N–H and O–H groups in total. The third-order valence-electron chi connectivity index (χ3n) is 5.53. The Morgan fingerprint density at radius 1 is 1.17 bits per heavy atom. The van der Waals surface area contributed by atoms with E-state index < -0.39 is 0 Å². The number of piperidine rings is 1. The summed E-state index contributed by atoms with van der Waals surface area (Å²) in [4.78, 5) is 19.5. The van der Waals surface area contributed by atoms with E-state index in [0.29, 0.717) is 30.6 Å². The average Bonchev–Trinajstić information content (AvgIpc) is 3.56. The lowest BCUT2D eigenvalue weighted by atomic mass is 9.94. The quantitative estimate of drug-likeness (QED) is 0.472. The fourth-order valence-corrected chi connectivity index (χ4v) is 4.61. The number of thiophene rings is 1. The Morgan fingerprint density at radius 3 is 2.77 bits per heavy atom. The van der Waals surface area contributed by atoms with Crippen molar-refractivity contribution in [2.75, 3.05) is 13.1 Å². The van der Waals surface area contributed by atoms with Crippen LogP contribution < -0.4 is 0 Å². The zero-order chi connectivity index (χ0) is 20.3. The summed E-state index contributed by atoms with van der Waals surface area (Å²) < 4.78 is 7.49. The van der Waals surface area contributed by atoms with Crippen LogP contribution in [0, 0.1) is 5.92 Å². The molecule has 0 aliphatic carbocycles. The summed E-state index contributed by atoms with van der Waals surface area (Å²) in [5.41, 5.74) is 2.76. The van der Waals surface area contributed by atoms with Crippen molar-refractivity contribution in [3.63, 3.8) is 0 Å². The number of carbonyl (C=O) groups excluding carboxylic acids is 1. The molecule has 1 unspecified atom stereocenters. The highest BCUT2D eigenvalue weighted by Gasteiger charge is 2.26. The van der Waals surface area contributed by atoms with E-state index in [1.807, 2.05) is 75.1 Å². The molecule has 0 spiro atoms. The lowest BCUT2D eigenvalue weighted by Gasteiger charge is -2.32. The van der Waals surface area contributed by atoms with Crippen LogP contribution in [0.25, 0.3) is 17.1 Å². The normalized spacial score (nSPS) is 16.7. The number of aromatic nitrogens is 3. The number of hydrogen-bond donors (Lipinski definition) is 0. The van der Waals surface area contributed by atoms with Gasteiger partial charge in [0.15, 0.2) is 0 Å². The molecule has 1 amide bonds. The zero-order valence-electron chi connectivity index (χ0n) is 16.5. The molecule has 1 aliphatic rings. The second-order valence-corrected chi connectivity index (χ2v) is 8.40. The van der Waals surface area contributed by atoms with Crippen LogP contribution in [0.15, 0.2) is 70.1 Å². The minimum atomic E-state index is 0.0863. The number of hydrogen-bond acceptors (Lipinski definition) is 5. The minimum absolute atomic E-state index is 0.0863. The summed E-state index contributed by atoms with van der Waals surface area (Å²) in [5, 5.41) is 8.11. The zero-order valence-corrected chi connectivity index (χ0v) is 17.3. The SMILES string of the molecule is O=C(c1ccc(-n2cccc2)cc1)N1CCCC(Cc2nc(-c3ccsc3)no2)C1. The Bertz CT molecular complexity index is 1100. The van der Waals surface area contributed by atoms with E-state index in [-0.39, 0.29) is 5.91 Å². The number of rotatable bonds is 5. The van der Waals surface area contributed by atoms with Crippen LogP contribution in [-0.4, -0.2) is 38.6 Å². The molecule has 4 aromatic rings. The summed E-state index contributed by atoms with van der Waals surface area (Å²) >= 11 is 1.61. The molecule has 0 radical (unpaired) electrons. The van der Waals surface area contributed by atoms with E-state index in [4.69, 9.17) is 4.52 Å². The summed E-state index contributed by atoms with van der Waals surface area (Å²) in [6.07, 6.45) is 6.74. The minimum Gasteiger partial charge on any atom is -0.339 e. The summed E-state index contributed by atoms with van der Waals surface area (Å²) in [6.45, 7) is 1.51. The van der Waals surface area contributed by atoms with Gasteiger partial charge in [-0.1, -0.05) is 5.16 Å². The molecular formula is C23H22N4O2S. The molecule has 6 nitrogen and oxygen atoms in total. The number of amides is 1. The van der Waals surface area contributed by atoms with E-state index in [1.165, 1.54) is 0 Å². The maximum atomic E-state index is 13.0. The molecular weight excluding hydrogens is 396 g/mol. The largest absolute Gasteiger partial charge is 0.339 e. The molecule has 1 fully saturated rings. The molecule has 1 saturated heterocycles. The standard InChI is InChI=1S/C23H22N4O2S/c28-23(18-5-7-20(8-6-18)26-10-1-2-11-26)27-12-3-4-17(15-27)14-21-24-22(25-29-21)19-9-13-30-16-19/h1-2,5-11,13,16-17H,3-4,12,14-15H2. The van der Waals surface area contributed by atoms with Gasteiger partial charge in [0.05, 0.1) is 0 Å². The summed E-state index contributed by atoms with van der Waals surface area (Å²) in [6, 6.07) is 13.7. The van der Waals surface area contributed by atoms with Crippen molar-refractivity contribution in [2.24, 2.45) is 5.92 Å². The van der Waals surface area contributed by atoms with E-state index in [9.17, 15) is 4.79 Å². The maximum Gasteiger partial charge on any atom is 0.253 e. The predicted molar refractivity (Wildman–Crippen MR) is 116 cm³/mol. The first kappa shape index (κ1) is 18.8. The van der Waals surface area contributed by atoms with Gasteiger partial charge < -0.3 is 14.0 Å². The van der Waals surface area contributed by atoms with Gasteiger partial charge in [0.2, 0.25) is 11.7 Å². The molecule has 1 aromatic carbocycles. The Labute approximate surface area is 178 Å². The van der Waals surface area contributed by atoms with Gasteiger partial charge in [0.25, 0.3) is 5.91 Å². The first-order chi connectivity index (χ1) is 14.8. The van der Waals surface area contributed by atoms with E-state index in [0.717, 1.165) is 36.2 Å².